The first-order valence-electron chi connectivity index (χ1n) is 9.11. The van der Waals surface area contributed by atoms with Crippen LogP contribution >= 0.6 is 11.3 Å². The molecule has 2 aliphatic heterocycles. The van der Waals surface area contributed by atoms with Crippen molar-refractivity contribution in [2.45, 2.75) is 50.4 Å². The Morgan fingerprint density at radius 1 is 1.15 bits per heavy atom. The second kappa shape index (κ2) is 8.18. The lowest BCUT2D eigenvalue weighted by atomic mass is 10.1. The number of carboxylic acids is 1. The summed E-state index contributed by atoms with van der Waals surface area (Å²) in [6.45, 7) is 3.46. The lowest BCUT2D eigenvalue weighted by Gasteiger charge is -2.25. The summed E-state index contributed by atoms with van der Waals surface area (Å²) < 4.78 is 31.7. The topological polar surface area (TPSA) is 60.9 Å². The van der Waals surface area contributed by atoms with Gasteiger partial charge in [-0.1, -0.05) is 6.07 Å². The highest BCUT2D eigenvalue weighted by Crippen LogP contribution is 2.37. The van der Waals surface area contributed by atoms with E-state index in [-0.39, 0.29) is 0 Å². The zero-order valence-electron chi connectivity index (χ0n) is 14.8. The molecular weight excluding hydrogens is 381 g/mol. The third-order valence-corrected chi connectivity index (χ3v) is 6.23. The number of aliphatic carboxylic acids is 1. The molecule has 0 radical (unpaired) electrons. The van der Waals surface area contributed by atoms with Gasteiger partial charge in [-0.3, -0.25) is 9.69 Å². The highest BCUT2D eigenvalue weighted by atomic mass is 32.1. The van der Waals surface area contributed by atoms with Gasteiger partial charge in [0.25, 0.3) is 0 Å². The minimum atomic E-state index is -5.08. The summed E-state index contributed by atoms with van der Waals surface area (Å²) in [6.07, 6.45) is 0.745. The first-order chi connectivity index (χ1) is 12.8. The van der Waals surface area contributed by atoms with Crippen molar-refractivity contribution in [3.63, 3.8) is 0 Å². The van der Waals surface area contributed by atoms with Gasteiger partial charge < -0.3 is 10.0 Å². The van der Waals surface area contributed by atoms with Crippen LogP contribution in [-0.2, 0) is 16.0 Å². The molecule has 1 N–H and O–H groups in total. The maximum Gasteiger partial charge on any atom is 0.490 e. The van der Waals surface area contributed by atoms with E-state index in [1.807, 2.05) is 6.07 Å². The molecule has 2 atom stereocenters. The van der Waals surface area contributed by atoms with E-state index in [0.29, 0.717) is 24.4 Å². The van der Waals surface area contributed by atoms with Crippen molar-refractivity contribution >= 4 is 23.2 Å². The molecule has 0 bridgehead atoms. The monoisotopic (exact) mass is 404 g/mol. The van der Waals surface area contributed by atoms with Crippen LogP contribution in [0.25, 0.3) is 0 Å². The first-order valence-corrected chi connectivity index (χ1v) is 9.99. The maximum atomic E-state index is 12.5. The van der Waals surface area contributed by atoms with Gasteiger partial charge in [-0.25, -0.2) is 4.79 Å². The van der Waals surface area contributed by atoms with Crippen LogP contribution in [0.5, 0.6) is 0 Å². The second-order valence-corrected chi connectivity index (χ2v) is 8.33. The van der Waals surface area contributed by atoms with E-state index in [1.165, 1.54) is 43.6 Å². The molecule has 1 amide bonds. The van der Waals surface area contributed by atoms with Crippen LogP contribution in [0.4, 0.5) is 13.2 Å². The van der Waals surface area contributed by atoms with E-state index < -0.39 is 12.1 Å². The largest absolute Gasteiger partial charge is 0.490 e. The van der Waals surface area contributed by atoms with Crippen LogP contribution < -0.4 is 0 Å². The molecule has 3 fully saturated rings. The first kappa shape index (κ1) is 20.1. The van der Waals surface area contributed by atoms with Gasteiger partial charge in [-0.15, -0.1) is 11.3 Å². The molecule has 1 aliphatic carbocycles. The normalized spacial score (nSPS) is 25.1. The zero-order chi connectivity index (χ0) is 19.6. The van der Waals surface area contributed by atoms with E-state index >= 15 is 0 Å². The fourth-order valence-electron chi connectivity index (χ4n) is 3.91. The number of carbonyl (C=O) groups is 2. The van der Waals surface area contributed by atoms with E-state index in [1.54, 1.807) is 11.3 Å². The quantitative estimate of drug-likeness (QED) is 0.838. The molecule has 1 saturated carbocycles. The maximum absolute atomic E-state index is 12.5. The number of hydrogen-bond acceptors (Lipinski definition) is 4. The summed E-state index contributed by atoms with van der Waals surface area (Å²) >= 11 is 1.69. The molecule has 27 heavy (non-hydrogen) atoms. The van der Waals surface area contributed by atoms with Gasteiger partial charge in [0.1, 0.15) is 0 Å². The predicted octanol–water partition coefficient (Wildman–Crippen LogP) is 3.01. The Balaban J connectivity index is 0.000000260. The summed E-state index contributed by atoms with van der Waals surface area (Å²) in [5.41, 5.74) is 0. The number of amides is 1. The molecule has 3 aliphatic rings. The molecular formula is C18H23F3N2O3S. The Morgan fingerprint density at radius 3 is 2.37 bits per heavy atom. The van der Waals surface area contributed by atoms with Gasteiger partial charge in [0, 0.05) is 36.6 Å². The van der Waals surface area contributed by atoms with E-state index in [4.69, 9.17) is 9.90 Å². The van der Waals surface area contributed by atoms with E-state index in [9.17, 15) is 18.0 Å². The van der Waals surface area contributed by atoms with Gasteiger partial charge in [-0.2, -0.15) is 13.2 Å². The van der Waals surface area contributed by atoms with Crippen LogP contribution in [0.15, 0.2) is 17.5 Å². The van der Waals surface area contributed by atoms with Crippen LogP contribution in [0.2, 0.25) is 0 Å². The van der Waals surface area contributed by atoms with Crippen LogP contribution in [-0.4, -0.2) is 64.7 Å². The summed E-state index contributed by atoms with van der Waals surface area (Å²) in [7, 11) is 0. The van der Waals surface area contributed by atoms with Gasteiger partial charge in [0.15, 0.2) is 0 Å². The Bertz CT molecular complexity index is 661. The van der Waals surface area contributed by atoms with Crippen LogP contribution in [0.3, 0.4) is 0 Å². The number of nitrogens with zero attached hydrogens (tertiary/aromatic N) is 2. The molecule has 9 heteroatoms. The van der Waals surface area contributed by atoms with Crippen LogP contribution in [0.1, 0.15) is 30.6 Å². The number of rotatable bonds is 4. The fourth-order valence-corrected chi connectivity index (χ4v) is 4.60. The van der Waals surface area contributed by atoms with E-state index in [2.05, 4.69) is 21.2 Å². The minimum absolute atomic E-state index is 0.341. The molecule has 0 aromatic carbocycles. The number of thiophene rings is 1. The average molecular weight is 404 g/mol. The molecule has 1 aromatic rings. The predicted molar refractivity (Wildman–Crippen MR) is 94.5 cm³/mol. The summed E-state index contributed by atoms with van der Waals surface area (Å²) in [4.78, 5) is 27.5. The smallest absolute Gasteiger partial charge is 0.475 e. The SMILES string of the molecule is O=C(Cc1cccs1)N1CC[C@H]2[C@H]1CCN2CC1CC1.O=C(O)C(F)(F)F. The van der Waals surface area contributed by atoms with Crippen molar-refractivity contribution in [1.29, 1.82) is 0 Å². The van der Waals surface area contributed by atoms with Crippen molar-refractivity contribution in [3.8, 4) is 0 Å². The average Bonchev–Trinajstić information content (AvgIpc) is 2.99. The Labute approximate surface area is 159 Å². The molecule has 1 aromatic heterocycles. The fraction of sp³-hybridized carbons (Fsp3) is 0.667. The summed E-state index contributed by atoms with van der Waals surface area (Å²) in [5, 5.41) is 9.18. The lowest BCUT2D eigenvalue weighted by Crippen LogP contribution is -2.40. The molecule has 2 saturated heterocycles. The molecule has 4 rings (SSSR count). The van der Waals surface area contributed by atoms with Gasteiger partial charge in [-0.05, 0) is 43.0 Å². The van der Waals surface area contributed by atoms with Crippen molar-refractivity contribution in [2.75, 3.05) is 19.6 Å². The Morgan fingerprint density at radius 2 is 1.81 bits per heavy atom. The number of likely N-dealkylation sites (tertiary alicyclic amines) is 2. The zero-order valence-corrected chi connectivity index (χ0v) is 15.6. The number of hydrogen-bond donors (Lipinski definition) is 1. The third kappa shape index (κ3) is 5.22. The van der Waals surface area contributed by atoms with Crippen molar-refractivity contribution in [2.24, 2.45) is 5.92 Å². The van der Waals surface area contributed by atoms with Crippen molar-refractivity contribution < 1.29 is 27.9 Å². The van der Waals surface area contributed by atoms with Crippen molar-refractivity contribution in [3.05, 3.63) is 22.4 Å². The second-order valence-electron chi connectivity index (χ2n) is 7.30. The van der Waals surface area contributed by atoms with E-state index in [0.717, 1.165) is 12.5 Å². The summed E-state index contributed by atoms with van der Waals surface area (Å²) in [5.74, 6) is -1.45. The van der Waals surface area contributed by atoms with Gasteiger partial charge >= 0.3 is 12.1 Å². The molecule has 150 valence electrons. The lowest BCUT2D eigenvalue weighted by molar-refractivity contribution is -0.192. The Kier molecular flexibility index (Phi) is 6.10. The number of halogens is 3. The summed E-state index contributed by atoms with van der Waals surface area (Å²) in [6, 6.07) is 5.26. The number of fused-ring (bicyclic) bond motifs is 1. The molecule has 5 nitrogen and oxygen atoms in total. The molecule has 3 heterocycles. The number of carbonyl (C=O) groups excluding carboxylic acids is 1. The number of alkyl halides is 3. The van der Waals surface area contributed by atoms with Crippen molar-refractivity contribution in [1.82, 2.24) is 9.80 Å². The third-order valence-electron chi connectivity index (χ3n) is 5.35. The van der Waals surface area contributed by atoms with Crippen LogP contribution in [0, 0.1) is 5.92 Å². The highest BCUT2D eigenvalue weighted by molar-refractivity contribution is 7.10. The molecule has 0 unspecified atom stereocenters. The number of carboxylic acid groups (broad SMARTS) is 1. The standard InChI is InChI=1S/C16H22N2OS.C2HF3O2/c19-16(10-13-2-1-9-20-13)18-8-6-14-15(18)5-7-17(14)11-12-3-4-12;3-2(4,5)1(6)7/h1-2,9,12,14-15H,3-8,10-11H2;(H,6,7)/t14-,15+;/m0./s1. The minimum Gasteiger partial charge on any atom is -0.475 e. The van der Waals surface area contributed by atoms with Gasteiger partial charge in [0.05, 0.1) is 6.42 Å². The molecule has 0 spiro atoms. The van der Waals surface area contributed by atoms with Gasteiger partial charge in [0.2, 0.25) is 5.91 Å². The Hall–Kier alpha value is -1.61. The highest BCUT2D eigenvalue weighted by Gasteiger charge is 2.45.